The zero-order valence-electron chi connectivity index (χ0n) is 15.3. The Morgan fingerprint density at radius 1 is 1.44 bits per heavy atom. The van der Waals surface area contributed by atoms with E-state index in [1.165, 1.54) is 6.33 Å². The van der Waals surface area contributed by atoms with Crippen LogP contribution in [-0.2, 0) is 22.6 Å². The summed E-state index contributed by atoms with van der Waals surface area (Å²) < 4.78 is 7.33. The second-order valence-corrected chi connectivity index (χ2v) is 6.58. The third kappa shape index (κ3) is 5.88. The number of hydrogen-bond donors (Lipinski definition) is 1. The standard InChI is InChI=1S/C19H24N6O2/c20-11-16-3-1-4-17(9-16)12-24-7-8-27-13-18(24)10-19(26)22-5-2-6-25-15-21-14-23-25/h1,3-4,9,14-15,18H,2,5-8,10,12-13H2,(H,22,26). The van der Waals surface area contributed by atoms with E-state index in [1.807, 2.05) is 18.2 Å². The van der Waals surface area contributed by atoms with Gasteiger partial charge in [0.2, 0.25) is 5.91 Å². The van der Waals surface area contributed by atoms with Crippen LogP contribution in [0.1, 0.15) is 24.0 Å². The monoisotopic (exact) mass is 368 g/mol. The highest BCUT2D eigenvalue weighted by atomic mass is 16.5. The summed E-state index contributed by atoms with van der Waals surface area (Å²) in [4.78, 5) is 18.5. The number of benzene rings is 1. The highest BCUT2D eigenvalue weighted by molar-refractivity contribution is 5.76. The maximum atomic E-state index is 12.3. The van der Waals surface area contributed by atoms with Crippen LogP contribution in [0.5, 0.6) is 0 Å². The normalized spacial score (nSPS) is 17.4. The molecule has 1 unspecified atom stereocenters. The average Bonchev–Trinajstić information content (AvgIpc) is 3.20. The van der Waals surface area contributed by atoms with Gasteiger partial charge in [-0.1, -0.05) is 12.1 Å². The first kappa shape index (κ1) is 19.0. The topological polar surface area (TPSA) is 96.1 Å². The molecule has 27 heavy (non-hydrogen) atoms. The predicted octanol–water partition coefficient (Wildman–Crippen LogP) is 0.947. The lowest BCUT2D eigenvalue weighted by molar-refractivity contribution is -0.124. The van der Waals surface area contributed by atoms with E-state index in [-0.39, 0.29) is 11.9 Å². The molecule has 0 saturated carbocycles. The van der Waals surface area contributed by atoms with Crippen molar-refractivity contribution in [3.63, 3.8) is 0 Å². The molecule has 1 fully saturated rings. The number of morpholine rings is 1. The molecule has 8 heteroatoms. The first-order chi connectivity index (χ1) is 13.2. The van der Waals surface area contributed by atoms with Crippen LogP contribution in [-0.4, -0.2) is 57.9 Å². The van der Waals surface area contributed by atoms with Crippen LogP contribution in [0.15, 0.2) is 36.9 Å². The molecule has 0 aliphatic carbocycles. The van der Waals surface area contributed by atoms with Crippen molar-refractivity contribution >= 4 is 5.91 Å². The fourth-order valence-electron chi connectivity index (χ4n) is 3.16. The lowest BCUT2D eigenvalue weighted by Crippen LogP contribution is -2.47. The number of nitrogens with zero attached hydrogens (tertiary/aromatic N) is 5. The van der Waals surface area contributed by atoms with Gasteiger partial charge in [-0.2, -0.15) is 10.4 Å². The Morgan fingerprint density at radius 3 is 3.19 bits per heavy atom. The lowest BCUT2D eigenvalue weighted by atomic mass is 10.1. The Labute approximate surface area is 158 Å². The maximum Gasteiger partial charge on any atom is 0.221 e. The molecule has 1 aliphatic rings. The molecule has 1 N–H and O–H groups in total. The molecule has 1 atom stereocenters. The molecule has 2 heterocycles. The summed E-state index contributed by atoms with van der Waals surface area (Å²) in [6, 6.07) is 9.81. The molecule has 3 rings (SSSR count). The molecule has 8 nitrogen and oxygen atoms in total. The lowest BCUT2D eigenvalue weighted by Gasteiger charge is -2.35. The van der Waals surface area contributed by atoms with Gasteiger partial charge in [-0.3, -0.25) is 14.4 Å². The van der Waals surface area contributed by atoms with E-state index in [2.05, 4.69) is 26.4 Å². The average molecular weight is 368 g/mol. The summed E-state index contributed by atoms with van der Waals surface area (Å²) in [6.07, 6.45) is 4.38. The van der Waals surface area contributed by atoms with E-state index in [1.54, 1.807) is 17.1 Å². The molecule has 142 valence electrons. The number of aryl methyl sites for hydroxylation is 1. The molecule has 2 aromatic rings. The van der Waals surface area contributed by atoms with Gasteiger partial charge in [-0.15, -0.1) is 0 Å². The smallest absolute Gasteiger partial charge is 0.221 e. The molecule has 1 saturated heterocycles. The number of ether oxygens (including phenoxy) is 1. The summed E-state index contributed by atoms with van der Waals surface area (Å²) in [5.74, 6) is 0.0277. The number of nitrogens with one attached hydrogen (secondary N) is 1. The second-order valence-electron chi connectivity index (χ2n) is 6.58. The molecule has 1 aromatic carbocycles. The van der Waals surface area contributed by atoms with Crippen LogP contribution in [0, 0.1) is 11.3 Å². The van der Waals surface area contributed by atoms with Crippen molar-refractivity contribution in [2.75, 3.05) is 26.3 Å². The minimum absolute atomic E-state index is 0.0277. The van der Waals surface area contributed by atoms with Crippen molar-refractivity contribution < 1.29 is 9.53 Å². The zero-order valence-corrected chi connectivity index (χ0v) is 15.3. The van der Waals surface area contributed by atoms with Gasteiger partial charge < -0.3 is 10.1 Å². The number of carbonyl (C=O) groups excluding carboxylic acids is 1. The third-order valence-electron chi connectivity index (χ3n) is 4.56. The van der Waals surface area contributed by atoms with E-state index in [9.17, 15) is 4.79 Å². The molecular weight excluding hydrogens is 344 g/mol. The maximum absolute atomic E-state index is 12.3. The first-order valence-corrected chi connectivity index (χ1v) is 9.14. The van der Waals surface area contributed by atoms with E-state index >= 15 is 0 Å². The van der Waals surface area contributed by atoms with Crippen molar-refractivity contribution in [2.45, 2.75) is 32.0 Å². The van der Waals surface area contributed by atoms with Crippen molar-refractivity contribution in [1.82, 2.24) is 25.0 Å². The number of aromatic nitrogens is 3. The highest BCUT2D eigenvalue weighted by Gasteiger charge is 2.25. The van der Waals surface area contributed by atoms with Gasteiger partial charge in [0.05, 0.1) is 24.8 Å². The van der Waals surface area contributed by atoms with E-state index < -0.39 is 0 Å². The predicted molar refractivity (Wildman–Crippen MR) is 98.4 cm³/mol. The quantitative estimate of drug-likeness (QED) is 0.697. The van der Waals surface area contributed by atoms with Gasteiger partial charge in [0, 0.05) is 38.6 Å². The van der Waals surface area contributed by atoms with Gasteiger partial charge >= 0.3 is 0 Å². The Bertz CT molecular complexity index is 771. The van der Waals surface area contributed by atoms with Crippen LogP contribution >= 0.6 is 0 Å². The Balaban J connectivity index is 1.46. The van der Waals surface area contributed by atoms with Crippen LogP contribution in [0.2, 0.25) is 0 Å². The molecule has 0 bridgehead atoms. The fourth-order valence-corrected chi connectivity index (χ4v) is 3.16. The van der Waals surface area contributed by atoms with E-state index in [4.69, 9.17) is 10.00 Å². The van der Waals surface area contributed by atoms with Gasteiger partial charge in [0.15, 0.2) is 0 Å². The Kier molecular flexibility index (Phi) is 6.90. The van der Waals surface area contributed by atoms with Gasteiger partial charge in [0.1, 0.15) is 12.7 Å². The summed E-state index contributed by atoms with van der Waals surface area (Å²) >= 11 is 0. The molecule has 0 radical (unpaired) electrons. The van der Waals surface area contributed by atoms with Crippen molar-refractivity contribution in [1.29, 1.82) is 5.26 Å². The Morgan fingerprint density at radius 2 is 2.37 bits per heavy atom. The van der Waals surface area contributed by atoms with Crippen LogP contribution in [0.3, 0.4) is 0 Å². The second kappa shape index (κ2) is 9.80. The largest absolute Gasteiger partial charge is 0.378 e. The van der Waals surface area contributed by atoms with E-state index in [0.717, 1.165) is 25.1 Å². The SMILES string of the molecule is N#Cc1cccc(CN2CCOCC2CC(=O)NCCCn2cncn2)c1. The van der Waals surface area contributed by atoms with Crippen molar-refractivity contribution in [3.05, 3.63) is 48.0 Å². The highest BCUT2D eigenvalue weighted by Crippen LogP contribution is 2.16. The molecule has 1 amide bonds. The number of carbonyl (C=O) groups is 1. The summed E-state index contributed by atoms with van der Waals surface area (Å²) in [6.45, 7) is 4.03. The minimum atomic E-state index is 0.0277. The molecule has 1 aromatic heterocycles. The van der Waals surface area contributed by atoms with Crippen molar-refractivity contribution in [2.24, 2.45) is 0 Å². The first-order valence-electron chi connectivity index (χ1n) is 9.14. The van der Waals surface area contributed by atoms with Crippen LogP contribution in [0.25, 0.3) is 0 Å². The molecular formula is C19H24N6O2. The number of rotatable bonds is 8. The van der Waals surface area contributed by atoms with Crippen molar-refractivity contribution in [3.8, 4) is 6.07 Å². The summed E-state index contributed by atoms with van der Waals surface area (Å²) in [5.41, 5.74) is 1.73. The number of hydrogen-bond acceptors (Lipinski definition) is 6. The third-order valence-corrected chi connectivity index (χ3v) is 4.56. The zero-order chi connectivity index (χ0) is 18.9. The van der Waals surface area contributed by atoms with E-state index in [0.29, 0.717) is 38.3 Å². The molecule has 1 aliphatic heterocycles. The summed E-state index contributed by atoms with van der Waals surface area (Å²) in [7, 11) is 0. The molecule has 0 spiro atoms. The van der Waals surface area contributed by atoms with Gasteiger partial charge in [0.25, 0.3) is 0 Å². The fraction of sp³-hybridized carbons (Fsp3) is 0.474. The Hall–Kier alpha value is -2.76. The van der Waals surface area contributed by atoms with Gasteiger partial charge in [-0.25, -0.2) is 4.98 Å². The van der Waals surface area contributed by atoms with Crippen LogP contribution in [0.4, 0.5) is 0 Å². The number of nitriles is 1. The van der Waals surface area contributed by atoms with Crippen LogP contribution < -0.4 is 5.32 Å². The summed E-state index contributed by atoms with van der Waals surface area (Å²) in [5, 5.41) is 16.1. The number of amides is 1. The minimum Gasteiger partial charge on any atom is -0.378 e. The van der Waals surface area contributed by atoms with Gasteiger partial charge in [-0.05, 0) is 24.1 Å².